The first-order valence-corrected chi connectivity index (χ1v) is 11.7. The maximum absolute atomic E-state index is 13.6. The second-order valence-corrected chi connectivity index (χ2v) is 9.21. The third kappa shape index (κ3) is 5.47. The van der Waals surface area contributed by atoms with Gasteiger partial charge in [0.15, 0.2) is 5.82 Å². The second-order valence-electron chi connectivity index (χ2n) is 9.21. The maximum atomic E-state index is 13.6. The van der Waals surface area contributed by atoms with Crippen LogP contribution < -0.4 is 4.90 Å². The predicted octanol–water partition coefficient (Wildman–Crippen LogP) is 3.56. The fraction of sp³-hybridized carbons (Fsp3) is 0.625. The van der Waals surface area contributed by atoms with Crippen LogP contribution in [0.3, 0.4) is 0 Å². The summed E-state index contributed by atoms with van der Waals surface area (Å²) in [5.74, 6) is -1.60. The van der Waals surface area contributed by atoms with Crippen LogP contribution in [0.4, 0.5) is 14.6 Å². The van der Waals surface area contributed by atoms with E-state index in [1.165, 1.54) is 12.1 Å². The number of halogens is 2. The van der Waals surface area contributed by atoms with Crippen molar-refractivity contribution in [3.63, 3.8) is 0 Å². The van der Waals surface area contributed by atoms with E-state index < -0.39 is 5.92 Å². The zero-order valence-corrected chi connectivity index (χ0v) is 19.4. The number of aromatic nitrogens is 2. The third-order valence-corrected chi connectivity index (χ3v) is 6.47. The Labute approximate surface area is 189 Å². The van der Waals surface area contributed by atoms with Gasteiger partial charge in [0.1, 0.15) is 0 Å². The fourth-order valence-electron chi connectivity index (χ4n) is 4.36. The molecule has 2 aliphatic heterocycles. The van der Waals surface area contributed by atoms with E-state index in [-0.39, 0.29) is 11.5 Å². The van der Waals surface area contributed by atoms with E-state index in [1.807, 2.05) is 4.68 Å². The quantitative estimate of drug-likeness (QED) is 0.649. The monoisotopic (exact) mass is 447 g/mol. The van der Waals surface area contributed by atoms with Crippen molar-refractivity contribution >= 4 is 5.82 Å². The molecule has 3 heterocycles. The van der Waals surface area contributed by atoms with Crippen LogP contribution in [-0.2, 0) is 10.7 Å². The average Bonchev–Trinajstić information content (AvgIpc) is 3.24. The van der Waals surface area contributed by atoms with Crippen molar-refractivity contribution in [3.05, 3.63) is 41.6 Å². The molecule has 0 N–H and O–H groups in total. The van der Waals surface area contributed by atoms with Gasteiger partial charge in [0, 0.05) is 76.6 Å². The lowest BCUT2D eigenvalue weighted by molar-refractivity contribution is 0.0175. The molecule has 6 nitrogen and oxygen atoms in total. The van der Waals surface area contributed by atoms with E-state index in [9.17, 15) is 8.78 Å². The number of ether oxygens (including phenoxy) is 1. The van der Waals surface area contributed by atoms with Gasteiger partial charge in [-0.1, -0.05) is 26.0 Å². The minimum absolute atomic E-state index is 0.0212. The van der Waals surface area contributed by atoms with E-state index in [4.69, 9.17) is 9.84 Å². The number of hydrogen-bond acceptors (Lipinski definition) is 5. The summed E-state index contributed by atoms with van der Waals surface area (Å²) in [4.78, 5) is 7.34. The van der Waals surface area contributed by atoms with Crippen LogP contribution in [-0.4, -0.2) is 85.2 Å². The number of piperazine rings is 1. The Kier molecular flexibility index (Phi) is 7.12. The molecule has 1 aromatic carbocycles. The second kappa shape index (κ2) is 9.85. The normalized spacial score (nSPS) is 19.1. The van der Waals surface area contributed by atoms with Crippen molar-refractivity contribution in [1.82, 2.24) is 19.6 Å². The van der Waals surface area contributed by atoms with Gasteiger partial charge in [-0.05, 0) is 18.1 Å². The number of anilines is 1. The number of benzene rings is 1. The number of morpholine rings is 1. The largest absolute Gasteiger partial charge is 0.379 e. The Balaban J connectivity index is 1.40. The molecule has 0 unspecified atom stereocenters. The topological polar surface area (TPSA) is 36.8 Å². The van der Waals surface area contributed by atoms with Crippen LogP contribution >= 0.6 is 0 Å². The van der Waals surface area contributed by atoms with Crippen LogP contribution in [0, 0.1) is 0 Å². The highest BCUT2D eigenvalue weighted by molar-refractivity contribution is 5.46. The average molecular weight is 448 g/mol. The molecule has 2 fully saturated rings. The van der Waals surface area contributed by atoms with Crippen molar-refractivity contribution in [2.24, 2.45) is 0 Å². The lowest BCUT2D eigenvalue weighted by Crippen LogP contribution is -2.49. The lowest BCUT2D eigenvalue weighted by atomic mass is 10.1. The molecule has 0 aliphatic carbocycles. The fourth-order valence-corrected chi connectivity index (χ4v) is 4.36. The minimum Gasteiger partial charge on any atom is -0.379 e. The predicted molar refractivity (Wildman–Crippen MR) is 123 cm³/mol. The van der Waals surface area contributed by atoms with Crippen molar-refractivity contribution in [3.8, 4) is 5.69 Å². The summed E-state index contributed by atoms with van der Waals surface area (Å²) >= 11 is 0. The Morgan fingerprint density at radius 1 is 0.938 bits per heavy atom. The summed E-state index contributed by atoms with van der Waals surface area (Å²) in [6.45, 7) is 15.1. The molecule has 2 aliphatic rings. The summed E-state index contributed by atoms with van der Waals surface area (Å²) in [5.41, 5.74) is 1.93. The van der Waals surface area contributed by atoms with E-state index in [0.29, 0.717) is 0 Å². The molecular formula is C24H35F2N5O. The smallest absolute Gasteiger partial charge is 0.270 e. The van der Waals surface area contributed by atoms with E-state index in [2.05, 4.69) is 34.6 Å². The summed E-state index contributed by atoms with van der Waals surface area (Å²) in [6.07, 6.45) is 0. The number of hydrogen-bond donors (Lipinski definition) is 0. The van der Waals surface area contributed by atoms with Gasteiger partial charge in [-0.15, -0.1) is 0 Å². The molecular weight excluding hydrogens is 412 g/mol. The first-order valence-electron chi connectivity index (χ1n) is 11.7. The lowest BCUT2D eigenvalue weighted by Gasteiger charge is -2.36. The summed E-state index contributed by atoms with van der Waals surface area (Å²) in [7, 11) is 0. The van der Waals surface area contributed by atoms with Crippen molar-refractivity contribution in [1.29, 1.82) is 0 Å². The van der Waals surface area contributed by atoms with Crippen molar-refractivity contribution < 1.29 is 13.5 Å². The molecule has 2 aromatic rings. The Hall–Kier alpha value is -2.03. The van der Waals surface area contributed by atoms with Crippen LogP contribution in [0.5, 0.6) is 0 Å². The van der Waals surface area contributed by atoms with Gasteiger partial charge in [0.25, 0.3) is 5.92 Å². The highest BCUT2D eigenvalue weighted by Crippen LogP contribution is 2.29. The van der Waals surface area contributed by atoms with Crippen molar-refractivity contribution in [2.45, 2.75) is 32.6 Å². The Morgan fingerprint density at radius 2 is 1.53 bits per heavy atom. The molecule has 4 rings (SSSR count). The zero-order chi connectivity index (χ0) is 22.7. The van der Waals surface area contributed by atoms with Gasteiger partial charge in [0.2, 0.25) is 0 Å². The molecule has 32 heavy (non-hydrogen) atoms. The summed E-state index contributed by atoms with van der Waals surface area (Å²) < 4.78 is 34.5. The first-order chi connectivity index (χ1) is 15.3. The number of rotatable bonds is 7. The molecule has 1 aromatic heterocycles. The SMILES string of the molecule is CC(C)c1cc(N2CCN(CCN3CCOCC3)CC2)nn1-c1ccc(C(C)(F)F)cc1. The molecule has 0 atom stereocenters. The molecule has 0 amide bonds. The zero-order valence-electron chi connectivity index (χ0n) is 19.4. The standard InChI is InChI=1S/C24H35F2N5O/c1-19(2)22-18-23(27-31(22)21-6-4-20(5-7-21)24(3,25)26)30-12-10-28(11-13-30)8-9-29-14-16-32-17-15-29/h4-7,18-19H,8-17H2,1-3H3. The molecule has 176 valence electrons. The van der Waals surface area contributed by atoms with E-state index in [0.717, 1.165) is 89.7 Å². The van der Waals surface area contributed by atoms with Gasteiger partial charge in [-0.2, -0.15) is 5.10 Å². The van der Waals surface area contributed by atoms with Crippen LogP contribution in [0.15, 0.2) is 30.3 Å². The molecule has 0 saturated carbocycles. The number of nitrogens with zero attached hydrogens (tertiary/aromatic N) is 5. The molecule has 2 saturated heterocycles. The summed E-state index contributed by atoms with van der Waals surface area (Å²) in [6, 6.07) is 8.61. The highest BCUT2D eigenvalue weighted by Gasteiger charge is 2.25. The molecule has 0 radical (unpaired) electrons. The molecule has 0 bridgehead atoms. The minimum atomic E-state index is -2.84. The van der Waals surface area contributed by atoms with Crippen molar-refractivity contribution in [2.75, 3.05) is 70.5 Å². The first kappa shape index (κ1) is 23.1. The number of alkyl halides is 2. The maximum Gasteiger partial charge on any atom is 0.270 e. The van der Waals surface area contributed by atoms with E-state index >= 15 is 0 Å². The van der Waals surface area contributed by atoms with Gasteiger partial charge in [0.05, 0.1) is 18.9 Å². The van der Waals surface area contributed by atoms with Gasteiger partial charge >= 0.3 is 0 Å². The van der Waals surface area contributed by atoms with E-state index in [1.54, 1.807) is 12.1 Å². The van der Waals surface area contributed by atoms with Crippen LogP contribution in [0.1, 0.15) is 37.9 Å². The molecule has 0 spiro atoms. The van der Waals surface area contributed by atoms with Crippen LogP contribution in [0.2, 0.25) is 0 Å². The van der Waals surface area contributed by atoms with Gasteiger partial charge in [-0.3, -0.25) is 9.80 Å². The summed E-state index contributed by atoms with van der Waals surface area (Å²) in [5, 5.41) is 4.88. The Bertz CT molecular complexity index is 864. The van der Waals surface area contributed by atoms with Gasteiger partial charge in [-0.25, -0.2) is 13.5 Å². The van der Waals surface area contributed by atoms with Gasteiger partial charge < -0.3 is 9.64 Å². The third-order valence-electron chi connectivity index (χ3n) is 6.47. The van der Waals surface area contributed by atoms with Crippen LogP contribution in [0.25, 0.3) is 5.69 Å². The molecule has 8 heteroatoms. The Morgan fingerprint density at radius 3 is 2.09 bits per heavy atom. The highest BCUT2D eigenvalue weighted by atomic mass is 19.3.